The van der Waals surface area contributed by atoms with E-state index in [1.54, 1.807) is 13.0 Å². The number of benzene rings is 1. The molecule has 21 heavy (non-hydrogen) atoms. The van der Waals surface area contributed by atoms with Crippen molar-refractivity contribution in [2.45, 2.75) is 38.6 Å². The second kappa shape index (κ2) is 9.87. The van der Waals surface area contributed by atoms with Crippen LogP contribution in [-0.2, 0) is 0 Å². The number of hydrogen-bond donors (Lipinski definition) is 2. The quantitative estimate of drug-likeness (QED) is 0.652. The van der Waals surface area contributed by atoms with Gasteiger partial charge in [-0.05, 0) is 77.0 Å². The van der Waals surface area contributed by atoms with Gasteiger partial charge < -0.3 is 15.3 Å². The Bertz CT molecular complexity index is 412. The summed E-state index contributed by atoms with van der Waals surface area (Å²) < 4.78 is 13.7. The van der Waals surface area contributed by atoms with E-state index in [-0.39, 0.29) is 18.5 Å². The number of halogens is 1. The number of rotatable bonds is 10. The maximum absolute atomic E-state index is 13.7. The normalized spacial score (nSPS) is 12.9. The minimum Gasteiger partial charge on any atom is -0.396 e. The van der Waals surface area contributed by atoms with Crippen molar-refractivity contribution in [1.82, 2.24) is 10.2 Å². The Kier molecular flexibility index (Phi) is 8.50. The first-order chi connectivity index (χ1) is 10.1. The van der Waals surface area contributed by atoms with E-state index in [1.165, 1.54) is 0 Å². The number of aliphatic hydroxyl groups is 1. The fraction of sp³-hybridized carbons (Fsp3) is 0.647. The van der Waals surface area contributed by atoms with Crippen molar-refractivity contribution < 1.29 is 9.50 Å². The maximum Gasteiger partial charge on any atom is 0.126 e. The van der Waals surface area contributed by atoms with Crippen LogP contribution in [0.25, 0.3) is 0 Å². The first kappa shape index (κ1) is 18.1. The Labute approximate surface area is 128 Å². The third kappa shape index (κ3) is 6.55. The molecule has 0 aliphatic rings. The topological polar surface area (TPSA) is 35.5 Å². The van der Waals surface area contributed by atoms with Gasteiger partial charge in [0.2, 0.25) is 0 Å². The molecule has 120 valence electrons. The molecular weight excluding hydrogens is 267 g/mol. The van der Waals surface area contributed by atoms with Crippen LogP contribution < -0.4 is 5.32 Å². The molecule has 3 nitrogen and oxygen atoms in total. The van der Waals surface area contributed by atoms with Gasteiger partial charge in [-0.3, -0.25) is 0 Å². The molecule has 0 spiro atoms. The van der Waals surface area contributed by atoms with Crippen LogP contribution in [0.4, 0.5) is 4.39 Å². The van der Waals surface area contributed by atoms with Gasteiger partial charge in [0, 0.05) is 12.6 Å². The summed E-state index contributed by atoms with van der Waals surface area (Å²) in [6, 6.07) is 5.66. The van der Waals surface area contributed by atoms with E-state index < -0.39 is 0 Å². The minimum absolute atomic E-state index is 0.134. The molecule has 1 aromatic rings. The molecule has 0 saturated heterocycles. The molecular formula is C17H29FN2O. The average Bonchev–Trinajstić information content (AvgIpc) is 2.48. The minimum atomic E-state index is -0.134. The number of aliphatic hydroxyl groups excluding tert-OH is 1. The predicted octanol–water partition coefficient (Wildman–Crippen LogP) is 2.88. The molecule has 1 unspecified atom stereocenters. The number of nitrogens with one attached hydrogen (secondary N) is 1. The lowest BCUT2D eigenvalue weighted by Crippen LogP contribution is -2.26. The fourth-order valence-corrected chi connectivity index (χ4v) is 2.44. The molecule has 0 radical (unpaired) electrons. The smallest absolute Gasteiger partial charge is 0.126 e. The van der Waals surface area contributed by atoms with E-state index in [0.717, 1.165) is 44.3 Å². The monoisotopic (exact) mass is 296 g/mol. The number of aryl methyl sites for hydroxylation is 1. The molecule has 1 atom stereocenters. The van der Waals surface area contributed by atoms with Crippen LogP contribution in [-0.4, -0.2) is 43.8 Å². The van der Waals surface area contributed by atoms with Crippen molar-refractivity contribution >= 4 is 0 Å². The third-order valence-electron chi connectivity index (χ3n) is 3.94. The number of hydrogen-bond acceptors (Lipinski definition) is 3. The molecule has 0 bridgehead atoms. The Morgan fingerprint density at radius 2 is 2.00 bits per heavy atom. The molecule has 0 aliphatic carbocycles. The fourth-order valence-electron chi connectivity index (χ4n) is 2.44. The van der Waals surface area contributed by atoms with Crippen LogP contribution in [0.15, 0.2) is 18.2 Å². The summed E-state index contributed by atoms with van der Waals surface area (Å²) >= 11 is 0. The molecule has 0 saturated carbocycles. The second-order valence-electron chi connectivity index (χ2n) is 5.73. The van der Waals surface area contributed by atoms with Gasteiger partial charge in [0.15, 0.2) is 0 Å². The number of unbranched alkanes of at least 4 members (excludes halogenated alkanes) is 2. The van der Waals surface area contributed by atoms with Gasteiger partial charge >= 0.3 is 0 Å². The second-order valence-corrected chi connectivity index (χ2v) is 5.73. The van der Waals surface area contributed by atoms with Crippen LogP contribution in [0.3, 0.4) is 0 Å². The first-order valence-electron chi connectivity index (χ1n) is 7.81. The largest absolute Gasteiger partial charge is 0.396 e. The van der Waals surface area contributed by atoms with Crippen LogP contribution >= 0.6 is 0 Å². The van der Waals surface area contributed by atoms with E-state index in [2.05, 4.69) is 17.3 Å². The highest BCUT2D eigenvalue weighted by atomic mass is 19.1. The molecule has 2 N–H and O–H groups in total. The zero-order valence-electron chi connectivity index (χ0n) is 13.5. The average molecular weight is 296 g/mol. The highest BCUT2D eigenvalue weighted by Crippen LogP contribution is 2.19. The summed E-state index contributed by atoms with van der Waals surface area (Å²) in [6.07, 6.45) is 4.02. The SMILES string of the molecule is CNC(CCN(C)CCCCCO)c1ccc(C)c(F)c1. The van der Waals surface area contributed by atoms with E-state index >= 15 is 0 Å². The van der Waals surface area contributed by atoms with Gasteiger partial charge in [-0.15, -0.1) is 0 Å². The van der Waals surface area contributed by atoms with E-state index in [1.807, 2.05) is 19.2 Å². The Balaban J connectivity index is 2.41. The molecule has 0 aromatic heterocycles. The highest BCUT2D eigenvalue weighted by Gasteiger charge is 2.12. The van der Waals surface area contributed by atoms with Crippen LogP contribution in [0, 0.1) is 12.7 Å². The van der Waals surface area contributed by atoms with Crippen molar-refractivity contribution in [3.63, 3.8) is 0 Å². The maximum atomic E-state index is 13.7. The molecule has 0 heterocycles. The molecule has 0 amide bonds. The summed E-state index contributed by atoms with van der Waals surface area (Å²) in [5.41, 5.74) is 1.70. The third-order valence-corrected chi connectivity index (χ3v) is 3.94. The zero-order chi connectivity index (χ0) is 15.7. The van der Waals surface area contributed by atoms with Crippen molar-refractivity contribution in [1.29, 1.82) is 0 Å². The van der Waals surface area contributed by atoms with Crippen molar-refractivity contribution in [3.8, 4) is 0 Å². The van der Waals surface area contributed by atoms with Gasteiger partial charge in [0.1, 0.15) is 5.82 Å². The summed E-state index contributed by atoms with van der Waals surface area (Å²) in [5, 5.41) is 12.0. The van der Waals surface area contributed by atoms with Gasteiger partial charge in [-0.2, -0.15) is 0 Å². The van der Waals surface area contributed by atoms with Crippen molar-refractivity contribution in [3.05, 3.63) is 35.1 Å². The van der Waals surface area contributed by atoms with Crippen LogP contribution in [0.2, 0.25) is 0 Å². The zero-order valence-corrected chi connectivity index (χ0v) is 13.5. The van der Waals surface area contributed by atoms with E-state index in [4.69, 9.17) is 5.11 Å². The molecule has 0 aliphatic heterocycles. The van der Waals surface area contributed by atoms with Crippen molar-refractivity contribution in [2.24, 2.45) is 0 Å². The van der Waals surface area contributed by atoms with Gasteiger partial charge in [-0.1, -0.05) is 12.1 Å². The Morgan fingerprint density at radius 1 is 1.24 bits per heavy atom. The Hall–Kier alpha value is -0.970. The summed E-state index contributed by atoms with van der Waals surface area (Å²) in [6.45, 7) is 4.08. The van der Waals surface area contributed by atoms with Gasteiger partial charge in [0.05, 0.1) is 0 Å². The Morgan fingerprint density at radius 3 is 2.62 bits per heavy atom. The van der Waals surface area contributed by atoms with E-state index in [9.17, 15) is 4.39 Å². The summed E-state index contributed by atoms with van der Waals surface area (Å²) in [7, 11) is 4.03. The summed E-state index contributed by atoms with van der Waals surface area (Å²) in [4.78, 5) is 2.30. The predicted molar refractivity (Wildman–Crippen MR) is 86.0 cm³/mol. The van der Waals surface area contributed by atoms with Gasteiger partial charge in [-0.25, -0.2) is 4.39 Å². The molecule has 1 rings (SSSR count). The standard InChI is InChI=1S/C17H29FN2O/c1-14-7-8-15(13-16(14)18)17(19-2)9-11-20(3)10-5-4-6-12-21/h7-8,13,17,19,21H,4-6,9-12H2,1-3H3. The molecule has 1 aromatic carbocycles. The van der Waals surface area contributed by atoms with Crippen LogP contribution in [0.5, 0.6) is 0 Å². The van der Waals surface area contributed by atoms with Gasteiger partial charge in [0.25, 0.3) is 0 Å². The lowest BCUT2D eigenvalue weighted by Gasteiger charge is -2.22. The first-order valence-corrected chi connectivity index (χ1v) is 7.81. The molecule has 0 fully saturated rings. The summed E-state index contributed by atoms with van der Waals surface area (Å²) in [5.74, 6) is -0.134. The molecule has 4 heteroatoms. The highest BCUT2D eigenvalue weighted by molar-refractivity contribution is 5.25. The van der Waals surface area contributed by atoms with Crippen molar-refractivity contribution in [2.75, 3.05) is 33.8 Å². The number of nitrogens with zero attached hydrogens (tertiary/aromatic N) is 1. The lowest BCUT2D eigenvalue weighted by molar-refractivity contribution is 0.269. The van der Waals surface area contributed by atoms with E-state index in [0.29, 0.717) is 5.56 Å². The van der Waals surface area contributed by atoms with Crippen LogP contribution in [0.1, 0.15) is 42.9 Å². The lowest BCUT2D eigenvalue weighted by atomic mass is 10.0.